The fourth-order valence-electron chi connectivity index (χ4n) is 1.87. The highest BCUT2D eigenvalue weighted by atomic mass is 79.9. The van der Waals surface area contributed by atoms with Crippen molar-refractivity contribution in [3.63, 3.8) is 0 Å². The van der Waals surface area contributed by atoms with Crippen LogP contribution in [-0.4, -0.2) is 13.0 Å². The maximum Gasteiger partial charge on any atom is 0.259 e. The average Bonchev–Trinajstić information content (AvgIpc) is 2.43. The highest BCUT2D eigenvalue weighted by Gasteiger charge is 2.13. The molecule has 0 fully saturated rings. The number of halogens is 1. The van der Waals surface area contributed by atoms with Crippen LogP contribution in [0.5, 0.6) is 5.75 Å². The van der Waals surface area contributed by atoms with Gasteiger partial charge in [-0.3, -0.25) is 4.79 Å². The highest BCUT2D eigenvalue weighted by Crippen LogP contribution is 2.24. The maximum atomic E-state index is 12.3. The molecule has 20 heavy (non-hydrogen) atoms. The van der Waals surface area contributed by atoms with Gasteiger partial charge in [-0.25, -0.2) is 0 Å². The molecule has 4 heteroatoms. The Bertz CT molecular complexity index is 653. The summed E-state index contributed by atoms with van der Waals surface area (Å²) in [6.45, 7) is 3.94. The number of methoxy groups -OCH3 is 1. The normalized spacial score (nSPS) is 10.2. The van der Waals surface area contributed by atoms with E-state index in [0.717, 1.165) is 21.3 Å². The molecule has 0 aliphatic carbocycles. The number of hydrogen-bond acceptors (Lipinski definition) is 2. The summed E-state index contributed by atoms with van der Waals surface area (Å²) in [5.41, 5.74) is 3.41. The van der Waals surface area contributed by atoms with Gasteiger partial charge in [0.2, 0.25) is 0 Å². The second kappa shape index (κ2) is 6.09. The van der Waals surface area contributed by atoms with Gasteiger partial charge in [0.05, 0.1) is 12.7 Å². The third kappa shape index (κ3) is 3.20. The molecule has 2 rings (SSSR count). The van der Waals surface area contributed by atoms with Gasteiger partial charge in [0.1, 0.15) is 5.75 Å². The molecule has 1 N–H and O–H groups in total. The van der Waals surface area contributed by atoms with Gasteiger partial charge in [-0.1, -0.05) is 33.6 Å². The Morgan fingerprint density at radius 3 is 2.55 bits per heavy atom. The van der Waals surface area contributed by atoms with Crippen LogP contribution in [-0.2, 0) is 0 Å². The summed E-state index contributed by atoms with van der Waals surface area (Å²) in [6.07, 6.45) is 0. The van der Waals surface area contributed by atoms with E-state index in [2.05, 4.69) is 21.2 Å². The molecule has 0 aliphatic heterocycles. The lowest BCUT2D eigenvalue weighted by molar-refractivity contribution is 0.102. The van der Waals surface area contributed by atoms with Crippen molar-refractivity contribution in [2.45, 2.75) is 13.8 Å². The van der Waals surface area contributed by atoms with Gasteiger partial charge in [-0.05, 0) is 43.7 Å². The zero-order valence-corrected chi connectivity index (χ0v) is 13.2. The molecular formula is C16H16BrNO2. The monoisotopic (exact) mass is 333 g/mol. The zero-order valence-electron chi connectivity index (χ0n) is 11.7. The third-order valence-corrected chi connectivity index (χ3v) is 3.88. The molecule has 0 spiro atoms. The second-order valence-electron chi connectivity index (χ2n) is 4.62. The van der Waals surface area contributed by atoms with Gasteiger partial charge >= 0.3 is 0 Å². The number of carbonyl (C=O) groups excluding carboxylic acids is 1. The first-order chi connectivity index (χ1) is 9.51. The van der Waals surface area contributed by atoms with Crippen molar-refractivity contribution in [1.29, 1.82) is 0 Å². The summed E-state index contributed by atoms with van der Waals surface area (Å²) in [6, 6.07) is 11.2. The molecule has 0 saturated heterocycles. The number of nitrogens with one attached hydrogen (secondary N) is 1. The van der Waals surface area contributed by atoms with Crippen LogP contribution in [0.4, 0.5) is 5.69 Å². The van der Waals surface area contributed by atoms with E-state index >= 15 is 0 Å². The SMILES string of the molecule is COc1ccc(C)cc1C(=O)Nc1ccc(C)c(Br)c1. The Hall–Kier alpha value is -1.81. The first kappa shape index (κ1) is 14.6. The largest absolute Gasteiger partial charge is 0.496 e. The molecule has 0 heterocycles. The van der Waals surface area contributed by atoms with Gasteiger partial charge in [0, 0.05) is 10.2 Å². The van der Waals surface area contributed by atoms with Crippen LogP contribution in [0.2, 0.25) is 0 Å². The zero-order chi connectivity index (χ0) is 14.7. The molecule has 104 valence electrons. The minimum absolute atomic E-state index is 0.179. The molecular weight excluding hydrogens is 318 g/mol. The molecule has 0 aliphatic rings. The first-order valence-electron chi connectivity index (χ1n) is 6.23. The molecule has 2 aromatic rings. The summed E-state index contributed by atoms with van der Waals surface area (Å²) < 4.78 is 6.20. The smallest absolute Gasteiger partial charge is 0.259 e. The van der Waals surface area contributed by atoms with Crippen molar-refractivity contribution in [2.24, 2.45) is 0 Å². The summed E-state index contributed by atoms with van der Waals surface area (Å²) >= 11 is 3.46. The highest BCUT2D eigenvalue weighted by molar-refractivity contribution is 9.10. The molecule has 0 atom stereocenters. The van der Waals surface area contributed by atoms with Crippen molar-refractivity contribution in [3.8, 4) is 5.75 Å². The van der Waals surface area contributed by atoms with Crippen LogP contribution in [0, 0.1) is 13.8 Å². The van der Waals surface area contributed by atoms with Gasteiger partial charge in [0.15, 0.2) is 0 Å². The first-order valence-corrected chi connectivity index (χ1v) is 7.02. The number of ether oxygens (including phenoxy) is 1. The molecule has 0 unspecified atom stereocenters. The second-order valence-corrected chi connectivity index (χ2v) is 5.48. The van der Waals surface area contributed by atoms with Crippen LogP contribution >= 0.6 is 15.9 Å². The van der Waals surface area contributed by atoms with Crippen molar-refractivity contribution in [2.75, 3.05) is 12.4 Å². The maximum absolute atomic E-state index is 12.3. The van der Waals surface area contributed by atoms with Gasteiger partial charge in [-0.2, -0.15) is 0 Å². The molecule has 2 aromatic carbocycles. The fourth-order valence-corrected chi connectivity index (χ4v) is 2.25. The topological polar surface area (TPSA) is 38.3 Å². The predicted octanol–water partition coefficient (Wildman–Crippen LogP) is 4.33. The van der Waals surface area contributed by atoms with Crippen LogP contribution in [0.25, 0.3) is 0 Å². The number of amides is 1. The summed E-state index contributed by atoms with van der Waals surface area (Å²) in [4.78, 5) is 12.3. The lowest BCUT2D eigenvalue weighted by atomic mass is 10.1. The van der Waals surface area contributed by atoms with E-state index in [4.69, 9.17) is 4.74 Å². The fraction of sp³-hybridized carbons (Fsp3) is 0.188. The number of rotatable bonds is 3. The Balaban J connectivity index is 2.27. The molecule has 0 radical (unpaired) electrons. The number of hydrogen-bond donors (Lipinski definition) is 1. The minimum atomic E-state index is -0.179. The van der Waals surface area contributed by atoms with Crippen molar-refractivity contribution in [3.05, 3.63) is 57.6 Å². The number of benzene rings is 2. The standard InChI is InChI=1S/C16H16BrNO2/c1-10-4-7-15(20-3)13(8-10)16(19)18-12-6-5-11(2)14(17)9-12/h4-9H,1-3H3,(H,18,19). The molecule has 0 saturated carbocycles. The van der Waals surface area contributed by atoms with Crippen LogP contribution in [0.3, 0.4) is 0 Å². The Labute approximate surface area is 127 Å². The van der Waals surface area contributed by atoms with Crippen molar-refractivity contribution >= 4 is 27.5 Å². The van der Waals surface area contributed by atoms with Crippen LogP contribution in [0.15, 0.2) is 40.9 Å². The minimum Gasteiger partial charge on any atom is -0.496 e. The van der Waals surface area contributed by atoms with Gasteiger partial charge in [-0.15, -0.1) is 0 Å². The quantitative estimate of drug-likeness (QED) is 0.907. The lowest BCUT2D eigenvalue weighted by Crippen LogP contribution is -2.13. The van der Waals surface area contributed by atoms with E-state index in [1.54, 1.807) is 13.2 Å². The molecule has 0 bridgehead atoms. The number of carbonyl (C=O) groups is 1. The van der Waals surface area contributed by atoms with Gasteiger partial charge in [0.25, 0.3) is 5.91 Å². The number of anilines is 1. The van der Waals surface area contributed by atoms with Crippen molar-refractivity contribution < 1.29 is 9.53 Å². The van der Waals surface area contributed by atoms with E-state index < -0.39 is 0 Å². The van der Waals surface area contributed by atoms with E-state index in [9.17, 15) is 4.79 Å². The Morgan fingerprint density at radius 2 is 1.90 bits per heavy atom. The molecule has 0 aromatic heterocycles. The Morgan fingerprint density at radius 1 is 1.15 bits per heavy atom. The van der Waals surface area contributed by atoms with E-state index in [1.165, 1.54) is 0 Å². The Kier molecular flexibility index (Phi) is 4.45. The van der Waals surface area contributed by atoms with E-state index in [1.807, 2.05) is 44.2 Å². The molecule has 3 nitrogen and oxygen atoms in total. The van der Waals surface area contributed by atoms with Crippen molar-refractivity contribution in [1.82, 2.24) is 0 Å². The third-order valence-electron chi connectivity index (χ3n) is 3.03. The summed E-state index contributed by atoms with van der Waals surface area (Å²) in [7, 11) is 1.56. The predicted molar refractivity (Wildman–Crippen MR) is 84.6 cm³/mol. The van der Waals surface area contributed by atoms with Crippen LogP contribution in [0.1, 0.15) is 21.5 Å². The average molecular weight is 334 g/mol. The lowest BCUT2D eigenvalue weighted by Gasteiger charge is -2.11. The van der Waals surface area contributed by atoms with E-state index in [-0.39, 0.29) is 5.91 Å². The van der Waals surface area contributed by atoms with Gasteiger partial charge < -0.3 is 10.1 Å². The van der Waals surface area contributed by atoms with Crippen LogP contribution < -0.4 is 10.1 Å². The number of aryl methyl sites for hydroxylation is 2. The van der Waals surface area contributed by atoms with E-state index in [0.29, 0.717) is 11.3 Å². The summed E-state index contributed by atoms with van der Waals surface area (Å²) in [5, 5.41) is 2.88. The summed E-state index contributed by atoms with van der Waals surface area (Å²) in [5.74, 6) is 0.389. The molecule has 1 amide bonds.